The van der Waals surface area contributed by atoms with Gasteiger partial charge < -0.3 is 5.11 Å². The van der Waals surface area contributed by atoms with Gasteiger partial charge in [-0.05, 0) is 41.5 Å². The SMILES string of the molecule is CCc1ccc(C(O)c2csc(C)c2)cc1. The first kappa shape index (κ1) is 11.4. The van der Waals surface area contributed by atoms with Gasteiger partial charge in [0.1, 0.15) is 6.10 Å². The van der Waals surface area contributed by atoms with Crippen molar-refractivity contribution in [2.24, 2.45) is 0 Å². The first-order chi connectivity index (χ1) is 7.70. The minimum absolute atomic E-state index is 0.490. The van der Waals surface area contributed by atoms with Crippen LogP contribution in [-0.2, 0) is 6.42 Å². The average Bonchev–Trinajstić information content (AvgIpc) is 2.75. The van der Waals surface area contributed by atoms with E-state index < -0.39 is 6.10 Å². The van der Waals surface area contributed by atoms with Crippen molar-refractivity contribution >= 4 is 11.3 Å². The van der Waals surface area contributed by atoms with Crippen LogP contribution in [0.2, 0.25) is 0 Å². The van der Waals surface area contributed by atoms with Gasteiger partial charge in [-0.1, -0.05) is 31.2 Å². The Hall–Kier alpha value is -1.12. The van der Waals surface area contributed by atoms with E-state index in [4.69, 9.17) is 0 Å². The van der Waals surface area contributed by atoms with Gasteiger partial charge in [-0.25, -0.2) is 0 Å². The van der Waals surface area contributed by atoms with Crippen LogP contribution in [-0.4, -0.2) is 5.11 Å². The van der Waals surface area contributed by atoms with Crippen LogP contribution in [0.5, 0.6) is 0 Å². The average molecular weight is 232 g/mol. The molecule has 84 valence electrons. The Morgan fingerprint density at radius 1 is 1.19 bits per heavy atom. The molecule has 0 fully saturated rings. The summed E-state index contributed by atoms with van der Waals surface area (Å²) in [5, 5.41) is 12.2. The molecule has 1 atom stereocenters. The zero-order valence-corrected chi connectivity index (χ0v) is 10.4. The molecule has 1 nitrogen and oxygen atoms in total. The lowest BCUT2D eigenvalue weighted by Gasteiger charge is -2.09. The summed E-state index contributed by atoms with van der Waals surface area (Å²) >= 11 is 1.68. The fourth-order valence-corrected chi connectivity index (χ4v) is 2.46. The van der Waals surface area contributed by atoms with E-state index in [1.165, 1.54) is 10.4 Å². The van der Waals surface area contributed by atoms with Crippen LogP contribution in [0.4, 0.5) is 0 Å². The highest BCUT2D eigenvalue weighted by molar-refractivity contribution is 7.10. The molecule has 1 N–H and O–H groups in total. The molecule has 0 aliphatic heterocycles. The Labute approximate surface area is 100 Å². The largest absolute Gasteiger partial charge is 0.384 e. The predicted molar refractivity (Wildman–Crippen MR) is 68.9 cm³/mol. The molecule has 1 aromatic heterocycles. The van der Waals surface area contributed by atoms with Gasteiger partial charge in [0.2, 0.25) is 0 Å². The van der Waals surface area contributed by atoms with Gasteiger partial charge in [-0.2, -0.15) is 0 Å². The topological polar surface area (TPSA) is 20.2 Å². The van der Waals surface area contributed by atoms with Crippen molar-refractivity contribution in [1.82, 2.24) is 0 Å². The number of aliphatic hydroxyl groups is 1. The number of benzene rings is 1. The molecular weight excluding hydrogens is 216 g/mol. The second-order valence-electron chi connectivity index (χ2n) is 3.99. The molecule has 0 saturated heterocycles. The van der Waals surface area contributed by atoms with Gasteiger partial charge in [-0.15, -0.1) is 11.3 Å². The van der Waals surface area contributed by atoms with E-state index in [1.54, 1.807) is 11.3 Å². The Balaban J connectivity index is 2.23. The normalized spacial score (nSPS) is 12.7. The Kier molecular flexibility index (Phi) is 3.42. The third-order valence-electron chi connectivity index (χ3n) is 2.77. The van der Waals surface area contributed by atoms with Crippen LogP contribution in [0.3, 0.4) is 0 Å². The molecule has 0 aliphatic rings. The van der Waals surface area contributed by atoms with Crippen molar-refractivity contribution in [2.75, 3.05) is 0 Å². The number of thiophene rings is 1. The molecular formula is C14H16OS. The number of hydrogen-bond donors (Lipinski definition) is 1. The zero-order chi connectivity index (χ0) is 11.5. The lowest BCUT2D eigenvalue weighted by Crippen LogP contribution is -1.97. The van der Waals surface area contributed by atoms with Crippen LogP contribution in [0.25, 0.3) is 0 Å². The molecule has 1 heterocycles. The predicted octanol–water partition coefficient (Wildman–Crippen LogP) is 3.70. The molecule has 16 heavy (non-hydrogen) atoms. The van der Waals surface area contributed by atoms with Crippen LogP contribution in [0, 0.1) is 6.92 Å². The van der Waals surface area contributed by atoms with E-state index in [2.05, 4.69) is 26.0 Å². The second-order valence-corrected chi connectivity index (χ2v) is 5.10. The summed E-state index contributed by atoms with van der Waals surface area (Å²) in [7, 11) is 0. The Morgan fingerprint density at radius 3 is 2.38 bits per heavy atom. The van der Waals surface area contributed by atoms with Gasteiger partial charge in [0, 0.05) is 4.88 Å². The van der Waals surface area contributed by atoms with Gasteiger partial charge in [0.15, 0.2) is 0 Å². The van der Waals surface area contributed by atoms with Crippen molar-refractivity contribution in [3.8, 4) is 0 Å². The van der Waals surface area contributed by atoms with Crippen molar-refractivity contribution < 1.29 is 5.11 Å². The monoisotopic (exact) mass is 232 g/mol. The first-order valence-corrected chi connectivity index (χ1v) is 6.40. The summed E-state index contributed by atoms with van der Waals surface area (Å²) in [5.41, 5.74) is 3.26. The van der Waals surface area contributed by atoms with E-state index in [0.717, 1.165) is 17.5 Å². The smallest absolute Gasteiger partial charge is 0.105 e. The fraction of sp³-hybridized carbons (Fsp3) is 0.286. The van der Waals surface area contributed by atoms with E-state index in [1.807, 2.05) is 23.6 Å². The Bertz CT molecular complexity index is 456. The first-order valence-electron chi connectivity index (χ1n) is 5.52. The summed E-state index contributed by atoms with van der Waals surface area (Å²) in [6, 6.07) is 10.2. The van der Waals surface area contributed by atoms with Gasteiger partial charge >= 0.3 is 0 Å². The summed E-state index contributed by atoms with van der Waals surface area (Å²) in [4.78, 5) is 1.24. The quantitative estimate of drug-likeness (QED) is 0.855. The number of hydrogen-bond acceptors (Lipinski definition) is 2. The molecule has 0 aliphatic carbocycles. The van der Waals surface area contributed by atoms with Crippen molar-refractivity contribution in [2.45, 2.75) is 26.4 Å². The highest BCUT2D eigenvalue weighted by Crippen LogP contribution is 2.26. The number of aliphatic hydroxyl groups excluding tert-OH is 1. The molecule has 1 unspecified atom stereocenters. The van der Waals surface area contributed by atoms with Crippen LogP contribution < -0.4 is 0 Å². The zero-order valence-electron chi connectivity index (χ0n) is 9.60. The maximum atomic E-state index is 10.2. The standard InChI is InChI=1S/C14H16OS/c1-3-11-4-6-12(7-5-11)14(15)13-8-10(2)16-9-13/h4-9,14-15H,3H2,1-2H3. The molecule has 0 saturated carbocycles. The molecule has 2 rings (SSSR count). The molecule has 0 spiro atoms. The molecule has 2 heteroatoms. The van der Waals surface area contributed by atoms with Crippen LogP contribution in [0.1, 0.15) is 34.6 Å². The van der Waals surface area contributed by atoms with Gasteiger partial charge in [0.25, 0.3) is 0 Å². The van der Waals surface area contributed by atoms with Crippen molar-refractivity contribution in [1.29, 1.82) is 0 Å². The molecule has 0 radical (unpaired) electrons. The highest BCUT2D eigenvalue weighted by Gasteiger charge is 2.11. The third-order valence-corrected chi connectivity index (χ3v) is 3.65. The maximum absolute atomic E-state index is 10.2. The molecule has 1 aromatic carbocycles. The Morgan fingerprint density at radius 2 is 1.88 bits per heavy atom. The third kappa shape index (κ3) is 2.34. The van der Waals surface area contributed by atoms with Gasteiger partial charge in [0.05, 0.1) is 0 Å². The van der Waals surface area contributed by atoms with E-state index >= 15 is 0 Å². The van der Waals surface area contributed by atoms with E-state index in [-0.39, 0.29) is 0 Å². The fourth-order valence-electron chi connectivity index (χ4n) is 1.74. The van der Waals surface area contributed by atoms with E-state index in [0.29, 0.717) is 0 Å². The summed E-state index contributed by atoms with van der Waals surface area (Å²) in [5.74, 6) is 0. The highest BCUT2D eigenvalue weighted by atomic mass is 32.1. The van der Waals surface area contributed by atoms with Crippen LogP contribution >= 0.6 is 11.3 Å². The lowest BCUT2D eigenvalue weighted by atomic mass is 10.0. The maximum Gasteiger partial charge on any atom is 0.105 e. The van der Waals surface area contributed by atoms with E-state index in [9.17, 15) is 5.11 Å². The number of rotatable bonds is 3. The van der Waals surface area contributed by atoms with Crippen molar-refractivity contribution in [3.05, 3.63) is 57.3 Å². The summed E-state index contributed by atoms with van der Waals surface area (Å²) < 4.78 is 0. The molecule has 2 aromatic rings. The van der Waals surface area contributed by atoms with Crippen molar-refractivity contribution in [3.63, 3.8) is 0 Å². The minimum atomic E-state index is -0.490. The van der Waals surface area contributed by atoms with Gasteiger partial charge in [-0.3, -0.25) is 0 Å². The molecule has 0 amide bonds. The molecule has 0 bridgehead atoms. The number of aryl methyl sites for hydroxylation is 2. The minimum Gasteiger partial charge on any atom is -0.384 e. The van der Waals surface area contributed by atoms with Crippen LogP contribution in [0.15, 0.2) is 35.7 Å². The lowest BCUT2D eigenvalue weighted by molar-refractivity contribution is 0.221. The summed E-state index contributed by atoms with van der Waals surface area (Å²) in [6.45, 7) is 4.19. The summed E-state index contributed by atoms with van der Waals surface area (Å²) in [6.07, 6.45) is 0.546. The second kappa shape index (κ2) is 4.81.